The molecule has 0 unspecified atom stereocenters. The summed E-state index contributed by atoms with van der Waals surface area (Å²) in [6, 6.07) is 45.4. The summed E-state index contributed by atoms with van der Waals surface area (Å²) in [5, 5.41) is 5.51. The maximum atomic E-state index is 12.3. The molecule has 6 aromatic carbocycles. The van der Waals surface area contributed by atoms with Gasteiger partial charge in [-0.3, -0.25) is 15.6 Å². The number of H-pyrrole nitrogens is 1. The lowest BCUT2D eigenvalue weighted by atomic mass is 10.00. The SMILES string of the molecule is O=C(Nc1ccc(C2=Nc3cc(-c4ccc5[nH]c(-c6ccc(NC(=O)Oc7ccccc7)cc6)nc5c4)ccc3C2)cc1)Oc1ccccc1. The fourth-order valence-electron chi connectivity index (χ4n) is 5.79. The Balaban J connectivity index is 0.932. The number of ether oxygens (including phenoxy) is 2. The van der Waals surface area contributed by atoms with Crippen molar-refractivity contribution in [3.05, 3.63) is 157 Å². The van der Waals surface area contributed by atoms with E-state index in [-0.39, 0.29) is 0 Å². The molecule has 0 spiro atoms. The minimum absolute atomic E-state index is 0.474. The second-order valence-electron chi connectivity index (χ2n) is 11.7. The highest BCUT2D eigenvalue weighted by molar-refractivity contribution is 6.07. The first-order valence-electron chi connectivity index (χ1n) is 16.0. The van der Waals surface area contributed by atoms with E-state index in [2.05, 4.69) is 45.9 Å². The summed E-state index contributed by atoms with van der Waals surface area (Å²) in [7, 11) is 0. The molecule has 0 aliphatic carbocycles. The van der Waals surface area contributed by atoms with Crippen LogP contribution in [0.4, 0.5) is 26.7 Å². The summed E-state index contributed by atoms with van der Waals surface area (Å²) in [6.07, 6.45) is -0.374. The minimum atomic E-state index is -0.555. The van der Waals surface area contributed by atoms with Crippen molar-refractivity contribution < 1.29 is 19.1 Å². The molecule has 1 aliphatic rings. The molecular weight excluding hydrogens is 626 g/mol. The highest BCUT2D eigenvalue weighted by Gasteiger charge is 2.18. The molecule has 242 valence electrons. The lowest BCUT2D eigenvalue weighted by molar-refractivity contribution is 0.214. The van der Waals surface area contributed by atoms with Crippen LogP contribution in [0.25, 0.3) is 33.5 Å². The van der Waals surface area contributed by atoms with E-state index in [9.17, 15) is 9.59 Å². The van der Waals surface area contributed by atoms with Gasteiger partial charge in [-0.1, -0.05) is 66.7 Å². The van der Waals surface area contributed by atoms with Gasteiger partial charge in [-0.05, 0) is 101 Å². The molecule has 2 heterocycles. The first-order valence-corrected chi connectivity index (χ1v) is 16.0. The third-order valence-electron chi connectivity index (χ3n) is 8.29. The number of imidazole rings is 1. The number of hydrogen-bond donors (Lipinski definition) is 3. The van der Waals surface area contributed by atoms with Crippen LogP contribution in [0.3, 0.4) is 0 Å². The van der Waals surface area contributed by atoms with Gasteiger partial charge in [0, 0.05) is 23.4 Å². The maximum absolute atomic E-state index is 12.3. The molecular formula is C41H29N5O4. The number of carbonyl (C=O) groups is 2. The van der Waals surface area contributed by atoms with Crippen molar-refractivity contribution >= 4 is 46.0 Å². The van der Waals surface area contributed by atoms with Crippen molar-refractivity contribution in [1.29, 1.82) is 0 Å². The number of amides is 2. The van der Waals surface area contributed by atoms with Gasteiger partial charge in [-0.15, -0.1) is 0 Å². The van der Waals surface area contributed by atoms with Gasteiger partial charge in [-0.2, -0.15) is 0 Å². The van der Waals surface area contributed by atoms with Crippen LogP contribution in [-0.2, 0) is 6.42 Å². The van der Waals surface area contributed by atoms with Gasteiger partial charge in [0.15, 0.2) is 0 Å². The standard InChI is InChI=1S/C41H29N5O4/c47-40(49-33-7-3-1-4-8-33)42-31-18-13-26(14-19-31)36-25-30-12-11-28(23-37(30)44-36)29-17-22-35-38(24-29)46-39(45-35)27-15-20-32(21-16-27)43-41(48)50-34-9-5-2-6-10-34/h1-24H,25H2,(H,42,47)(H,43,48)(H,45,46). The number of nitrogens with zero attached hydrogens (tertiary/aromatic N) is 2. The molecule has 0 fully saturated rings. The monoisotopic (exact) mass is 655 g/mol. The Morgan fingerprint density at radius 2 is 1.12 bits per heavy atom. The number of aromatic amines is 1. The topological polar surface area (TPSA) is 118 Å². The molecule has 7 aromatic rings. The van der Waals surface area contributed by atoms with Crippen LogP contribution in [0, 0.1) is 0 Å². The summed E-state index contributed by atoms with van der Waals surface area (Å²) in [4.78, 5) is 37.7. The van der Waals surface area contributed by atoms with Crippen LogP contribution in [0.1, 0.15) is 11.1 Å². The Hall–Kier alpha value is -7.00. The third kappa shape index (κ3) is 6.69. The summed E-state index contributed by atoms with van der Waals surface area (Å²) in [5.41, 5.74) is 10.1. The predicted molar refractivity (Wildman–Crippen MR) is 195 cm³/mol. The molecule has 0 atom stereocenters. The lowest BCUT2D eigenvalue weighted by Gasteiger charge is -2.07. The van der Waals surface area contributed by atoms with Crippen LogP contribution in [0.2, 0.25) is 0 Å². The molecule has 2 amide bonds. The van der Waals surface area contributed by atoms with Crippen LogP contribution >= 0.6 is 0 Å². The summed E-state index contributed by atoms with van der Waals surface area (Å²) in [5.74, 6) is 1.69. The van der Waals surface area contributed by atoms with E-state index >= 15 is 0 Å². The molecule has 1 aliphatic heterocycles. The van der Waals surface area contributed by atoms with E-state index in [0.717, 1.165) is 62.5 Å². The van der Waals surface area contributed by atoms with E-state index in [1.165, 1.54) is 0 Å². The minimum Gasteiger partial charge on any atom is -0.410 e. The van der Waals surface area contributed by atoms with Gasteiger partial charge in [0.1, 0.15) is 17.3 Å². The van der Waals surface area contributed by atoms with Gasteiger partial charge < -0.3 is 14.5 Å². The smallest absolute Gasteiger partial charge is 0.410 e. The van der Waals surface area contributed by atoms with Gasteiger partial charge in [0.25, 0.3) is 0 Å². The van der Waals surface area contributed by atoms with E-state index in [1.54, 1.807) is 36.4 Å². The number of rotatable bonds is 7. The number of fused-ring (bicyclic) bond motifs is 2. The molecule has 1 aromatic heterocycles. The van der Waals surface area contributed by atoms with Crippen molar-refractivity contribution in [2.45, 2.75) is 6.42 Å². The fourth-order valence-corrected chi connectivity index (χ4v) is 5.79. The maximum Gasteiger partial charge on any atom is 0.417 e. The van der Waals surface area contributed by atoms with E-state index in [0.29, 0.717) is 22.9 Å². The highest BCUT2D eigenvalue weighted by Crippen LogP contribution is 2.35. The molecule has 9 nitrogen and oxygen atoms in total. The molecule has 3 N–H and O–H groups in total. The summed E-state index contributed by atoms with van der Waals surface area (Å²) >= 11 is 0. The third-order valence-corrected chi connectivity index (χ3v) is 8.29. The van der Waals surface area contributed by atoms with E-state index in [1.807, 2.05) is 78.9 Å². The normalized spacial score (nSPS) is 11.8. The van der Waals surface area contributed by atoms with Crippen molar-refractivity contribution in [2.24, 2.45) is 4.99 Å². The zero-order valence-corrected chi connectivity index (χ0v) is 26.6. The van der Waals surface area contributed by atoms with Crippen LogP contribution in [0.15, 0.2) is 151 Å². The van der Waals surface area contributed by atoms with Crippen molar-refractivity contribution in [1.82, 2.24) is 9.97 Å². The second kappa shape index (κ2) is 13.2. The zero-order chi connectivity index (χ0) is 33.9. The molecule has 0 radical (unpaired) electrons. The number of hydrogen-bond acceptors (Lipinski definition) is 6. The number of aliphatic imine (C=N–C) groups is 1. The number of carbonyl (C=O) groups excluding carboxylic acids is 2. The van der Waals surface area contributed by atoms with E-state index in [4.69, 9.17) is 19.5 Å². The van der Waals surface area contributed by atoms with Crippen LogP contribution < -0.4 is 20.1 Å². The Morgan fingerprint density at radius 3 is 1.74 bits per heavy atom. The molecule has 8 rings (SSSR count). The number of nitrogens with one attached hydrogen (secondary N) is 3. The highest BCUT2D eigenvalue weighted by atomic mass is 16.6. The van der Waals surface area contributed by atoms with Crippen LogP contribution in [-0.4, -0.2) is 27.9 Å². The Bertz CT molecular complexity index is 2370. The van der Waals surface area contributed by atoms with Crippen LogP contribution in [0.5, 0.6) is 11.5 Å². The first-order chi connectivity index (χ1) is 24.5. The number of anilines is 2. The van der Waals surface area contributed by atoms with Gasteiger partial charge in [0.05, 0.1) is 22.4 Å². The summed E-state index contributed by atoms with van der Waals surface area (Å²) < 4.78 is 10.6. The predicted octanol–water partition coefficient (Wildman–Crippen LogP) is 9.80. The molecule has 0 bridgehead atoms. The van der Waals surface area contributed by atoms with Crippen molar-refractivity contribution in [3.63, 3.8) is 0 Å². The fraction of sp³-hybridized carbons (Fsp3) is 0.0244. The zero-order valence-electron chi connectivity index (χ0n) is 26.6. The molecule has 0 saturated heterocycles. The molecule has 9 heteroatoms. The Labute approximate surface area is 287 Å². The molecule has 0 saturated carbocycles. The number of para-hydroxylation sites is 2. The molecule has 50 heavy (non-hydrogen) atoms. The van der Waals surface area contributed by atoms with Gasteiger partial charge >= 0.3 is 12.2 Å². The average molecular weight is 656 g/mol. The summed E-state index contributed by atoms with van der Waals surface area (Å²) in [6.45, 7) is 0. The number of benzene rings is 6. The average Bonchev–Trinajstić information content (AvgIpc) is 3.77. The van der Waals surface area contributed by atoms with Gasteiger partial charge in [0.2, 0.25) is 0 Å². The van der Waals surface area contributed by atoms with Crippen molar-refractivity contribution in [2.75, 3.05) is 10.6 Å². The lowest BCUT2D eigenvalue weighted by Crippen LogP contribution is -2.16. The largest absolute Gasteiger partial charge is 0.417 e. The van der Waals surface area contributed by atoms with E-state index < -0.39 is 12.2 Å². The quantitative estimate of drug-likeness (QED) is 0.158. The van der Waals surface area contributed by atoms with Crippen molar-refractivity contribution in [3.8, 4) is 34.0 Å². The van der Waals surface area contributed by atoms with Gasteiger partial charge in [-0.25, -0.2) is 14.6 Å². The first kappa shape index (κ1) is 30.3. The Morgan fingerprint density at radius 1 is 0.580 bits per heavy atom. The second-order valence-corrected chi connectivity index (χ2v) is 11.7. The number of aromatic nitrogens is 2. The Kier molecular flexibility index (Phi) is 8.04.